The summed E-state index contributed by atoms with van der Waals surface area (Å²) in [7, 11) is 0. The van der Waals surface area contributed by atoms with E-state index in [4.69, 9.17) is 4.74 Å². The third kappa shape index (κ3) is 2.83. The van der Waals surface area contributed by atoms with Crippen LogP contribution in [-0.2, 0) is 4.74 Å². The summed E-state index contributed by atoms with van der Waals surface area (Å²) in [5.41, 5.74) is 4.91. The van der Waals surface area contributed by atoms with Crippen LogP contribution < -0.4 is 5.32 Å². The molecular formula is C18H19NO2S. The molecule has 0 unspecified atom stereocenters. The van der Waals surface area contributed by atoms with Crippen LogP contribution in [0.25, 0.3) is 11.1 Å². The zero-order chi connectivity index (χ0) is 15.5. The van der Waals surface area contributed by atoms with E-state index in [9.17, 15) is 4.79 Å². The number of amides is 1. The second-order valence-electron chi connectivity index (χ2n) is 5.55. The maximum Gasteiger partial charge on any atom is 0.407 e. The minimum atomic E-state index is -0.386. The number of thiol groups is 1. The van der Waals surface area contributed by atoms with Crippen LogP contribution in [0.4, 0.5) is 4.79 Å². The zero-order valence-electron chi connectivity index (χ0n) is 12.5. The molecule has 0 bridgehead atoms. The van der Waals surface area contributed by atoms with Crippen molar-refractivity contribution < 1.29 is 9.53 Å². The van der Waals surface area contributed by atoms with Crippen LogP contribution in [0.3, 0.4) is 0 Å². The zero-order valence-corrected chi connectivity index (χ0v) is 13.3. The van der Waals surface area contributed by atoms with Gasteiger partial charge in [-0.1, -0.05) is 48.5 Å². The predicted molar refractivity (Wildman–Crippen MR) is 91.5 cm³/mol. The molecule has 114 valence electrons. The molecule has 0 radical (unpaired) electrons. The van der Waals surface area contributed by atoms with E-state index in [1.165, 1.54) is 22.3 Å². The van der Waals surface area contributed by atoms with Crippen molar-refractivity contribution in [3.8, 4) is 11.1 Å². The molecule has 0 saturated carbocycles. The van der Waals surface area contributed by atoms with E-state index in [2.05, 4.69) is 42.2 Å². The molecule has 1 atom stereocenters. The number of nitrogens with one attached hydrogen (secondary N) is 1. The van der Waals surface area contributed by atoms with Crippen molar-refractivity contribution in [2.45, 2.75) is 18.9 Å². The highest BCUT2D eigenvalue weighted by molar-refractivity contribution is 7.80. The lowest BCUT2D eigenvalue weighted by Crippen LogP contribution is -2.34. The van der Waals surface area contributed by atoms with Crippen LogP contribution in [-0.4, -0.2) is 24.5 Å². The normalized spacial score (nSPS) is 14.1. The van der Waals surface area contributed by atoms with Gasteiger partial charge in [0.05, 0.1) is 0 Å². The standard InChI is InChI=1S/C18H19NO2S/c1-12(11-22)19-18(20)21-10-17-15-8-4-2-6-13(15)14-7-3-5-9-16(14)17/h2-9,12,17,22H,10-11H2,1H3,(H,19,20)/t12-/m0/s1. The van der Waals surface area contributed by atoms with Crippen LogP contribution in [0, 0.1) is 0 Å². The molecule has 2 aromatic rings. The maximum atomic E-state index is 11.8. The summed E-state index contributed by atoms with van der Waals surface area (Å²) in [6.45, 7) is 2.24. The highest BCUT2D eigenvalue weighted by Gasteiger charge is 2.28. The SMILES string of the molecule is C[C@@H](CS)NC(=O)OCC1c2ccccc2-c2ccccc21. The Kier molecular flexibility index (Phi) is 4.39. The molecule has 0 spiro atoms. The van der Waals surface area contributed by atoms with E-state index >= 15 is 0 Å². The van der Waals surface area contributed by atoms with Gasteiger partial charge in [0.15, 0.2) is 0 Å². The molecule has 3 rings (SSSR count). The summed E-state index contributed by atoms with van der Waals surface area (Å²) in [6, 6.07) is 16.6. The van der Waals surface area contributed by atoms with E-state index in [-0.39, 0.29) is 18.1 Å². The summed E-state index contributed by atoms with van der Waals surface area (Å²) < 4.78 is 5.43. The molecule has 1 amide bonds. The highest BCUT2D eigenvalue weighted by atomic mass is 32.1. The van der Waals surface area contributed by atoms with Crippen LogP contribution in [0.2, 0.25) is 0 Å². The summed E-state index contributed by atoms with van der Waals surface area (Å²) in [5.74, 6) is 0.689. The van der Waals surface area contributed by atoms with Gasteiger partial charge in [0.25, 0.3) is 0 Å². The van der Waals surface area contributed by atoms with Gasteiger partial charge < -0.3 is 10.1 Å². The van der Waals surface area contributed by atoms with E-state index in [1.807, 2.05) is 31.2 Å². The van der Waals surface area contributed by atoms with Crippen molar-refractivity contribution >= 4 is 18.7 Å². The number of benzene rings is 2. The monoisotopic (exact) mass is 313 g/mol. The van der Waals surface area contributed by atoms with Crippen molar-refractivity contribution in [2.75, 3.05) is 12.4 Å². The third-order valence-corrected chi connectivity index (χ3v) is 4.53. The lowest BCUT2D eigenvalue weighted by Gasteiger charge is -2.16. The molecule has 3 nitrogen and oxygen atoms in total. The van der Waals surface area contributed by atoms with Gasteiger partial charge in [-0.05, 0) is 29.2 Å². The maximum absolute atomic E-state index is 11.8. The Balaban J connectivity index is 1.78. The van der Waals surface area contributed by atoms with Crippen molar-refractivity contribution in [2.24, 2.45) is 0 Å². The molecular weight excluding hydrogens is 294 g/mol. The topological polar surface area (TPSA) is 38.3 Å². The number of rotatable bonds is 4. The quantitative estimate of drug-likeness (QED) is 0.842. The molecule has 0 aromatic heterocycles. The van der Waals surface area contributed by atoms with Gasteiger partial charge in [0, 0.05) is 17.7 Å². The average molecular weight is 313 g/mol. The first-order chi connectivity index (χ1) is 10.7. The van der Waals surface area contributed by atoms with E-state index in [0.717, 1.165) is 0 Å². The first-order valence-corrected chi connectivity index (χ1v) is 8.06. The first-order valence-electron chi connectivity index (χ1n) is 7.43. The smallest absolute Gasteiger partial charge is 0.407 e. The Hall–Kier alpha value is -1.94. The van der Waals surface area contributed by atoms with Crippen molar-refractivity contribution in [1.82, 2.24) is 5.32 Å². The molecule has 4 heteroatoms. The molecule has 2 aromatic carbocycles. The van der Waals surface area contributed by atoms with Crippen LogP contribution in [0.5, 0.6) is 0 Å². The molecule has 0 heterocycles. The van der Waals surface area contributed by atoms with Crippen molar-refractivity contribution in [3.05, 3.63) is 59.7 Å². The fourth-order valence-corrected chi connectivity index (χ4v) is 2.98. The van der Waals surface area contributed by atoms with E-state index < -0.39 is 0 Å². The third-order valence-electron chi connectivity index (χ3n) is 3.98. The molecule has 1 aliphatic carbocycles. The summed E-state index contributed by atoms with van der Waals surface area (Å²) in [6.07, 6.45) is -0.386. The second kappa shape index (κ2) is 6.44. The number of carbonyl (C=O) groups excluding carboxylic acids is 1. The first kappa shape index (κ1) is 15.0. The summed E-state index contributed by atoms with van der Waals surface area (Å²) >= 11 is 4.15. The molecule has 1 aliphatic rings. The Morgan fingerprint density at radius 1 is 1.14 bits per heavy atom. The molecule has 0 fully saturated rings. The molecule has 0 saturated heterocycles. The van der Waals surface area contributed by atoms with Gasteiger partial charge in [0.2, 0.25) is 0 Å². The van der Waals surface area contributed by atoms with Gasteiger partial charge in [-0.2, -0.15) is 12.6 Å². The highest BCUT2D eigenvalue weighted by Crippen LogP contribution is 2.44. The number of hydrogen-bond acceptors (Lipinski definition) is 3. The number of hydrogen-bond donors (Lipinski definition) is 2. The second-order valence-corrected chi connectivity index (χ2v) is 5.92. The van der Waals surface area contributed by atoms with Crippen LogP contribution >= 0.6 is 12.6 Å². The average Bonchev–Trinajstić information content (AvgIpc) is 2.87. The van der Waals surface area contributed by atoms with E-state index in [1.54, 1.807) is 0 Å². The van der Waals surface area contributed by atoms with Gasteiger partial charge in [-0.3, -0.25) is 0 Å². The molecule has 0 aliphatic heterocycles. The number of ether oxygens (including phenoxy) is 1. The van der Waals surface area contributed by atoms with Crippen molar-refractivity contribution in [3.63, 3.8) is 0 Å². The minimum absolute atomic E-state index is 0.000941. The van der Waals surface area contributed by atoms with Crippen LogP contribution in [0.1, 0.15) is 24.0 Å². The lowest BCUT2D eigenvalue weighted by atomic mass is 9.98. The van der Waals surface area contributed by atoms with Gasteiger partial charge in [0.1, 0.15) is 6.61 Å². The fraction of sp³-hybridized carbons (Fsp3) is 0.278. The summed E-state index contributed by atoms with van der Waals surface area (Å²) in [4.78, 5) is 11.8. The Morgan fingerprint density at radius 2 is 1.68 bits per heavy atom. The van der Waals surface area contributed by atoms with Gasteiger partial charge in [-0.25, -0.2) is 4.79 Å². The van der Waals surface area contributed by atoms with Crippen LogP contribution in [0.15, 0.2) is 48.5 Å². The largest absolute Gasteiger partial charge is 0.449 e. The number of alkyl carbamates (subject to hydrolysis) is 1. The Labute approximate surface area is 136 Å². The Morgan fingerprint density at radius 3 is 2.23 bits per heavy atom. The van der Waals surface area contributed by atoms with E-state index in [0.29, 0.717) is 12.4 Å². The molecule has 1 N–H and O–H groups in total. The molecule has 22 heavy (non-hydrogen) atoms. The van der Waals surface area contributed by atoms with Gasteiger partial charge in [-0.15, -0.1) is 0 Å². The fourth-order valence-electron chi connectivity index (χ4n) is 2.89. The van der Waals surface area contributed by atoms with Crippen molar-refractivity contribution in [1.29, 1.82) is 0 Å². The minimum Gasteiger partial charge on any atom is -0.449 e. The Bertz CT molecular complexity index is 641. The number of fused-ring (bicyclic) bond motifs is 3. The summed E-state index contributed by atoms with van der Waals surface area (Å²) in [5, 5.41) is 2.76. The predicted octanol–water partition coefficient (Wildman–Crippen LogP) is 3.84. The van der Waals surface area contributed by atoms with Gasteiger partial charge >= 0.3 is 6.09 Å². The number of carbonyl (C=O) groups is 1. The lowest BCUT2D eigenvalue weighted by molar-refractivity contribution is 0.140.